The Morgan fingerprint density at radius 3 is 2.33 bits per heavy atom. The van der Waals surface area contributed by atoms with Gasteiger partial charge in [-0.2, -0.15) is 0 Å². The first-order chi connectivity index (χ1) is 10.5. The SMILES string of the molecule is CCC(N)(CC)CNS(=O)(=O)c1cc(Cl)c(NC(C)=O)cc1F.Cl. The molecule has 0 saturated heterocycles. The minimum atomic E-state index is -4.11. The molecule has 1 aromatic rings. The lowest BCUT2D eigenvalue weighted by Gasteiger charge is -2.26. The highest BCUT2D eigenvalue weighted by Gasteiger charge is 2.26. The number of hydrogen-bond acceptors (Lipinski definition) is 4. The molecule has 0 saturated carbocycles. The molecule has 0 atom stereocenters. The molecule has 0 unspecified atom stereocenters. The van der Waals surface area contributed by atoms with E-state index in [1.807, 2.05) is 13.8 Å². The number of carbonyl (C=O) groups is 1. The van der Waals surface area contributed by atoms with Crippen molar-refractivity contribution in [2.45, 2.75) is 44.0 Å². The topological polar surface area (TPSA) is 101 Å². The highest BCUT2D eigenvalue weighted by atomic mass is 35.5. The van der Waals surface area contributed by atoms with Crippen LogP contribution in [0.4, 0.5) is 10.1 Å². The number of benzene rings is 1. The minimum Gasteiger partial charge on any atom is -0.325 e. The Kier molecular flexibility index (Phi) is 8.61. The average Bonchev–Trinajstić information content (AvgIpc) is 2.47. The van der Waals surface area contributed by atoms with Crippen LogP contribution in [-0.2, 0) is 14.8 Å². The maximum atomic E-state index is 14.1. The minimum absolute atomic E-state index is 0. The van der Waals surface area contributed by atoms with Gasteiger partial charge in [0.15, 0.2) is 0 Å². The zero-order chi connectivity index (χ0) is 17.8. The van der Waals surface area contributed by atoms with Gasteiger partial charge < -0.3 is 11.1 Å². The Balaban J connectivity index is 0.00000529. The number of sulfonamides is 1. The molecular weight excluding hydrogens is 380 g/mol. The maximum absolute atomic E-state index is 14.1. The van der Waals surface area contributed by atoms with E-state index in [9.17, 15) is 17.6 Å². The van der Waals surface area contributed by atoms with Gasteiger partial charge >= 0.3 is 0 Å². The van der Waals surface area contributed by atoms with Crippen LogP contribution in [0.15, 0.2) is 17.0 Å². The van der Waals surface area contributed by atoms with Crippen LogP contribution in [0.3, 0.4) is 0 Å². The van der Waals surface area contributed by atoms with Crippen LogP contribution in [0.5, 0.6) is 0 Å². The summed E-state index contributed by atoms with van der Waals surface area (Å²) in [7, 11) is -4.11. The molecule has 138 valence electrons. The van der Waals surface area contributed by atoms with E-state index in [-0.39, 0.29) is 29.7 Å². The number of halogens is 3. The number of nitrogens with two attached hydrogens (primary N) is 1. The van der Waals surface area contributed by atoms with Crippen molar-refractivity contribution in [1.29, 1.82) is 0 Å². The third kappa shape index (κ3) is 5.86. The van der Waals surface area contributed by atoms with Crippen molar-refractivity contribution in [2.24, 2.45) is 5.73 Å². The number of rotatable bonds is 7. The summed E-state index contributed by atoms with van der Waals surface area (Å²) >= 11 is 5.90. The quantitative estimate of drug-likeness (QED) is 0.653. The summed E-state index contributed by atoms with van der Waals surface area (Å²) in [5.74, 6) is -1.46. The van der Waals surface area contributed by atoms with Crippen molar-refractivity contribution in [3.05, 3.63) is 23.0 Å². The zero-order valence-electron chi connectivity index (χ0n) is 13.7. The number of amides is 1. The zero-order valence-corrected chi connectivity index (χ0v) is 16.0. The molecule has 0 bridgehead atoms. The summed E-state index contributed by atoms with van der Waals surface area (Å²) in [6, 6.07) is 1.83. The van der Waals surface area contributed by atoms with Crippen LogP contribution in [0.25, 0.3) is 0 Å². The monoisotopic (exact) mass is 401 g/mol. The van der Waals surface area contributed by atoms with Crippen molar-refractivity contribution in [2.75, 3.05) is 11.9 Å². The highest BCUT2D eigenvalue weighted by Crippen LogP contribution is 2.28. The molecule has 0 aliphatic carbocycles. The molecule has 0 fully saturated rings. The number of nitrogens with one attached hydrogen (secondary N) is 2. The summed E-state index contributed by atoms with van der Waals surface area (Å²) in [6.07, 6.45) is 1.13. The van der Waals surface area contributed by atoms with Crippen LogP contribution in [0.1, 0.15) is 33.6 Å². The molecule has 10 heteroatoms. The number of anilines is 1. The summed E-state index contributed by atoms with van der Waals surface area (Å²) in [6.45, 7) is 4.90. The molecule has 0 aromatic heterocycles. The second-order valence-corrected chi connectivity index (χ2v) is 7.48. The summed E-state index contributed by atoms with van der Waals surface area (Å²) in [4.78, 5) is 10.4. The largest absolute Gasteiger partial charge is 0.325 e. The van der Waals surface area contributed by atoms with Crippen LogP contribution < -0.4 is 15.8 Å². The molecule has 24 heavy (non-hydrogen) atoms. The molecule has 1 amide bonds. The van der Waals surface area contributed by atoms with E-state index in [2.05, 4.69) is 10.0 Å². The Labute approximate surface area is 152 Å². The molecule has 0 aliphatic rings. The molecule has 1 aromatic carbocycles. The number of hydrogen-bond donors (Lipinski definition) is 3. The van der Waals surface area contributed by atoms with Crippen LogP contribution in [0, 0.1) is 5.82 Å². The van der Waals surface area contributed by atoms with E-state index in [1.54, 1.807) is 0 Å². The van der Waals surface area contributed by atoms with Gasteiger partial charge in [0.05, 0.1) is 10.7 Å². The first-order valence-corrected chi connectivity index (χ1v) is 8.96. The lowest BCUT2D eigenvalue weighted by molar-refractivity contribution is -0.114. The van der Waals surface area contributed by atoms with Crippen LogP contribution in [-0.4, -0.2) is 26.4 Å². The van der Waals surface area contributed by atoms with E-state index in [0.717, 1.165) is 12.1 Å². The molecule has 6 nitrogen and oxygen atoms in total. The van der Waals surface area contributed by atoms with Crippen molar-refractivity contribution < 1.29 is 17.6 Å². The Morgan fingerprint density at radius 2 is 1.88 bits per heavy atom. The summed E-state index contributed by atoms with van der Waals surface area (Å²) in [5, 5.41) is 2.24. The fourth-order valence-electron chi connectivity index (χ4n) is 1.84. The van der Waals surface area contributed by atoms with Crippen LogP contribution >= 0.6 is 24.0 Å². The third-order valence-electron chi connectivity index (χ3n) is 3.64. The summed E-state index contributed by atoms with van der Waals surface area (Å²) in [5.41, 5.74) is 5.34. The Hall–Kier alpha value is -0.930. The van der Waals surface area contributed by atoms with Gasteiger partial charge in [-0.05, 0) is 18.9 Å². The first-order valence-electron chi connectivity index (χ1n) is 7.10. The fraction of sp³-hybridized carbons (Fsp3) is 0.500. The van der Waals surface area contributed by atoms with Gasteiger partial charge in [0.1, 0.15) is 10.7 Å². The molecule has 1 rings (SSSR count). The summed E-state index contributed by atoms with van der Waals surface area (Å²) < 4.78 is 40.9. The van der Waals surface area contributed by atoms with E-state index >= 15 is 0 Å². The maximum Gasteiger partial charge on any atom is 0.243 e. The molecular formula is C14H22Cl2FN3O3S. The lowest BCUT2D eigenvalue weighted by atomic mass is 9.95. The molecule has 0 spiro atoms. The highest BCUT2D eigenvalue weighted by molar-refractivity contribution is 7.89. The average molecular weight is 402 g/mol. The third-order valence-corrected chi connectivity index (χ3v) is 5.37. The van der Waals surface area contributed by atoms with Crippen molar-refractivity contribution in [3.8, 4) is 0 Å². The predicted octanol–water partition coefficient (Wildman–Crippen LogP) is 2.66. The smallest absolute Gasteiger partial charge is 0.243 e. The second kappa shape index (κ2) is 8.96. The lowest BCUT2D eigenvalue weighted by Crippen LogP contribution is -2.49. The molecule has 4 N–H and O–H groups in total. The van der Waals surface area contributed by atoms with Crippen molar-refractivity contribution >= 4 is 45.6 Å². The van der Waals surface area contributed by atoms with E-state index < -0.39 is 32.2 Å². The van der Waals surface area contributed by atoms with Gasteiger partial charge in [-0.15, -0.1) is 12.4 Å². The van der Waals surface area contributed by atoms with E-state index in [1.165, 1.54) is 6.92 Å². The second-order valence-electron chi connectivity index (χ2n) is 5.34. The van der Waals surface area contributed by atoms with Crippen molar-refractivity contribution in [1.82, 2.24) is 4.72 Å². The van der Waals surface area contributed by atoms with Gasteiger partial charge in [-0.3, -0.25) is 4.79 Å². The molecule has 0 heterocycles. The molecule has 0 aliphatic heterocycles. The Morgan fingerprint density at radius 1 is 1.33 bits per heavy atom. The number of carbonyl (C=O) groups excluding carboxylic acids is 1. The van der Waals surface area contributed by atoms with Crippen molar-refractivity contribution in [3.63, 3.8) is 0 Å². The van der Waals surface area contributed by atoms with Gasteiger partial charge in [0, 0.05) is 25.1 Å². The van der Waals surface area contributed by atoms with Gasteiger partial charge in [-0.1, -0.05) is 25.4 Å². The first kappa shape index (κ1) is 23.1. The molecule has 0 radical (unpaired) electrons. The van der Waals surface area contributed by atoms with Gasteiger partial charge in [-0.25, -0.2) is 17.5 Å². The predicted molar refractivity (Wildman–Crippen MR) is 95.7 cm³/mol. The Bertz CT molecular complexity index is 695. The normalized spacial score (nSPS) is 11.8. The van der Waals surface area contributed by atoms with E-state index in [4.69, 9.17) is 17.3 Å². The van der Waals surface area contributed by atoms with Crippen LogP contribution in [0.2, 0.25) is 5.02 Å². The van der Waals surface area contributed by atoms with E-state index in [0.29, 0.717) is 12.8 Å². The van der Waals surface area contributed by atoms with Gasteiger partial charge in [0.25, 0.3) is 0 Å². The standard InChI is InChI=1S/C14H21ClFN3O3S.ClH/c1-4-14(17,5-2)8-18-23(21,22)13-6-10(15)12(7-11(13)16)19-9(3)20;/h6-7,18H,4-5,8,17H2,1-3H3,(H,19,20);1H. The van der Waals surface area contributed by atoms with Gasteiger partial charge in [0.2, 0.25) is 15.9 Å². The fourth-order valence-corrected chi connectivity index (χ4v) is 3.33.